The van der Waals surface area contributed by atoms with Gasteiger partial charge in [0, 0.05) is 0 Å². The van der Waals surface area contributed by atoms with E-state index >= 15 is 0 Å². The van der Waals surface area contributed by atoms with E-state index in [1.54, 1.807) is 30.3 Å². The summed E-state index contributed by atoms with van der Waals surface area (Å²) < 4.78 is 25.5. The van der Waals surface area contributed by atoms with Crippen LogP contribution in [0.2, 0.25) is 0 Å². The number of Topliss-reactive ketones (excluding diaryl/α,β-unsaturated/α-hetero) is 2. The second-order valence-corrected chi connectivity index (χ2v) is 7.83. The first-order valence-electron chi connectivity index (χ1n) is 9.86. The van der Waals surface area contributed by atoms with Crippen LogP contribution in [-0.4, -0.2) is 23.8 Å². The number of halogens is 1. The van der Waals surface area contributed by atoms with Gasteiger partial charge >= 0.3 is 0 Å². The summed E-state index contributed by atoms with van der Waals surface area (Å²) in [4.78, 5) is 26.4. The van der Waals surface area contributed by atoms with Gasteiger partial charge in [-0.15, -0.1) is 0 Å². The van der Waals surface area contributed by atoms with Gasteiger partial charge in [-0.25, -0.2) is 4.39 Å². The van der Waals surface area contributed by atoms with E-state index < -0.39 is 11.7 Å². The molecule has 0 N–H and O–H groups in total. The molecular weight excluding hydrogens is 359 g/mol. The Morgan fingerprint density at radius 2 is 1.71 bits per heavy atom. The van der Waals surface area contributed by atoms with Gasteiger partial charge in [-0.05, 0) is 54.7 Å². The third-order valence-corrected chi connectivity index (χ3v) is 6.37. The lowest BCUT2D eigenvalue weighted by Gasteiger charge is -2.17. The topological polar surface area (TPSA) is 52.6 Å². The van der Waals surface area contributed by atoms with Crippen molar-refractivity contribution < 1.29 is 23.5 Å². The van der Waals surface area contributed by atoms with Crippen LogP contribution < -0.4 is 4.74 Å². The summed E-state index contributed by atoms with van der Waals surface area (Å²) in [5, 5.41) is 0. The van der Waals surface area contributed by atoms with E-state index in [4.69, 9.17) is 9.47 Å². The highest BCUT2D eigenvalue weighted by atomic mass is 19.1. The van der Waals surface area contributed by atoms with Crippen molar-refractivity contribution in [1.29, 1.82) is 0 Å². The second-order valence-electron chi connectivity index (χ2n) is 7.83. The van der Waals surface area contributed by atoms with Crippen molar-refractivity contribution in [3.05, 3.63) is 59.4 Å². The summed E-state index contributed by atoms with van der Waals surface area (Å²) in [6, 6.07) is 11.5. The van der Waals surface area contributed by atoms with Crippen molar-refractivity contribution in [2.24, 2.45) is 11.8 Å². The minimum Gasteiger partial charge on any atom is -0.454 e. The van der Waals surface area contributed by atoms with Gasteiger partial charge in [0.15, 0.2) is 23.1 Å². The van der Waals surface area contributed by atoms with Gasteiger partial charge < -0.3 is 9.47 Å². The molecule has 5 rings (SSSR count). The highest BCUT2D eigenvalue weighted by Gasteiger charge is 2.63. The lowest BCUT2D eigenvalue weighted by Crippen LogP contribution is -2.29. The molecule has 1 unspecified atom stereocenters. The average Bonchev–Trinajstić information content (AvgIpc) is 3.37. The summed E-state index contributed by atoms with van der Waals surface area (Å²) in [7, 11) is 0. The second kappa shape index (κ2) is 6.52. The number of ether oxygens (including phenoxy) is 2. The summed E-state index contributed by atoms with van der Waals surface area (Å²) >= 11 is 0. The van der Waals surface area contributed by atoms with Gasteiger partial charge in [-0.1, -0.05) is 25.1 Å². The highest BCUT2D eigenvalue weighted by molar-refractivity contribution is 6.17. The fourth-order valence-electron chi connectivity index (χ4n) is 5.11. The maximum atomic E-state index is 13.9. The number of fused-ring (bicyclic) bond motifs is 5. The molecule has 144 valence electrons. The molecule has 2 aliphatic heterocycles. The Labute approximate surface area is 162 Å². The summed E-state index contributed by atoms with van der Waals surface area (Å²) in [6.07, 6.45) is 2.19. The maximum absolute atomic E-state index is 13.9. The molecule has 5 heteroatoms. The normalized spacial score (nSPS) is 30.7. The Kier molecular flexibility index (Phi) is 4.09. The van der Waals surface area contributed by atoms with Gasteiger partial charge in [0.1, 0.15) is 11.7 Å². The van der Waals surface area contributed by atoms with Crippen LogP contribution in [0.4, 0.5) is 4.39 Å². The predicted octanol–water partition coefficient (Wildman–Crippen LogP) is 4.21. The molecule has 4 nitrogen and oxygen atoms in total. The number of rotatable bonds is 4. The molecule has 2 aromatic carbocycles. The summed E-state index contributed by atoms with van der Waals surface area (Å²) in [6.45, 7) is 1.99. The molecule has 2 heterocycles. The minimum absolute atomic E-state index is 0.0278. The van der Waals surface area contributed by atoms with Crippen LogP contribution in [0.25, 0.3) is 0 Å². The molecule has 2 aromatic rings. The fourth-order valence-corrected chi connectivity index (χ4v) is 5.11. The van der Waals surface area contributed by atoms with E-state index in [9.17, 15) is 14.0 Å². The zero-order valence-corrected chi connectivity index (χ0v) is 15.6. The monoisotopic (exact) mass is 380 g/mol. The van der Waals surface area contributed by atoms with Gasteiger partial charge in [0.2, 0.25) is 0 Å². The first-order chi connectivity index (χ1) is 13.6. The number of hydrogen-bond donors (Lipinski definition) is 0. The van der Waals surface area contributed by atoms with Crippen LogP contribution >= 0.6 is 0 Å². The maximum Gasteiger partial charge on any atom is 0.165 e. The van der Waals surface area contributed by atoms with Crippen molar-refractivity contribution in [2.75, 3.05) is 0 Å². The van der Waals surface area contributed by atoms with E-state index in [-0.39, 0.29) is 41.4 Å². The van der Waals surface area contributed by atoms with Gasteiger partial charge in [0.05, 0.1) is 24.0 Å². The smallest absolute Gasteiger partial charge is 0.165 e. The molecular formula is C23H21FO4. The Morgan fingerprint density at radius 3 is 2.36 bits per heavy atom. The number of carbonyl (C=O) groups is 2. The molecule has 3 fully saturated rings. The predicted molar refractivity (Wildman–Crippen MR) is 99.9 cm³/mol. The molecule has 1 aliphatic carbocycles. The first kappa shape index (κ1) is 17.6. The van der Waals surface area contributed by atoms with E-state index in [0.29, 0.717) is 17.7 Å². The Bertz CT molecular complexity index is 941. The van der Waals surface area contributed by atoms with Gasteiger partial charge in [-0.3, -0.25) is 9.59 Å². The average molecular weight is 380 g/mol. The number of hydrogen-bond acceptors (Lipinski definition) is 4. The Morgan fingerprint density at radius 1 is 1.04 bits per heavy atom. The standard InChI is InChI=1S/C23H21FO4/c1-2-12-7-8-13(27-16-6-4-3-5-15(16)24)11-14(12)19-22(25)20-17-9-10-18(28-17)21(20)23(19)26/h3-8,11,17-21H,2,9-10H2,1H3/t17-,18+,19?,20-,21+. The van der Waals surface area contributed by atoms with Crippen molar-refractivity contribution in [3.63, 3.8) is 0 Å². The van der Waals surface area contributed by atoms with Crippen LogP contribution in [0.3, 0.4) is 0 Å². The zero-order valence-electron chi connectivity index (χ0n) is 15.6. The molecule has 5 atom stereocenters. The van der Waals surface area contributed by atoms with Crippen molar-refractivity contribution >= 4 is 11.6 Å². The summed E-state index contributed by atoms with van der Waals surface area (Å²) in [5.41, 5.74) is 1.64. The number of para-hydroxylation sites is 1. The Hall–Kier alpha value is -2.53. The fraction of sp³-hybridized carbons (Fsp3) is 0.391. The largest absolute Gasteiger partial charge is 0.454 e. The molecule has 1 saturated carbocycles. The minimum atomic E-state index is -0.763. The molecule has 0 radical (unpaired) electrons. The lowest BCUT2D eigenvalue weighted by molar-refractivity contribution is -0.127. The quantitative estimate of drug-likeness (QED) is 0.746. The lowest BCUT2D eigenvalue weighted by atomic mass is 9.81. The van der Waals surface area contributed by atoms with E-state index in [1.807, 2.05) is 13.0 Å². The summed E-state index contributed by atoms with van der Waals surface area (Å²) in [5.74, 6) is -1.35. The SMILES string of the molecule is CCc1ccc(Oc2ccccc2F)cc1C1C(=O)[C@@H]2[C@H](C1=O)[C@H]1CC[C@@H]2O1. The van der Waals surface area contributed by atoms with Crippen LogP contribution in [-0.2, 0) is 20.7 Å². The molecule has 0 amide bonds. The van der Waals surface area contributed by atoms with Crippen molar-refractivity contribution in [2.45, 2.75) is 44.3 Å². The Balaban J connectivity index is 1.51. The van der Waals surface area contributed by atoms with E-state index in [2.05, 4.69) is 0 Å². The van der Waals surface area contributed by atoms with E-state index in [0.717, 1.165) is 18.4 Å². The number of ketones is 2. The van der Waals surface area contributed by atoms with Gasteiger partial charge in [0.25, 0.3) is 0 Å². The number of benzene rings is 2. The molecule has 0 aromatic heterocycles. The molecule has 2 bridgehead atoms. The molecule has 0 spiro atoms. The third-order valence-electron chi connectivity index (χ3n) is 6.37. The number of carbonyl (C=O) groups excluding carboxylic acids is 2. The molecule has 28 heavy (non-hydrogen) atoms. The third kappa shape index (κ3) is 2.53. The van der Waals surface area contributed by atoms with Gasteiger partial charge in [-0.2, -0.15) is 0 Å². The van der Waals surface area contributed by atoms with Crippen molar-refractivity contribution in [1.82, 2.24) is 0 Å². The van der Waals surface area contributed by atoms with Crippen LogP contribution in [0.1, 0.15) is 36.8 Å². The van der Waals surface area contributed by atoms with Crippen LogP contribution in [0, 0.1) is 17.7 Å². The number of aryl methyl sites for hydroxylation is 1. The molecule has 3 aliphatic rings. The van der Waals surface area contributed by atoms with E-state index in [1.165, 1.54) is 6.07 Å². The highest BCUT2D eigenvalue weighted by Crippen LogP contribution is 2.52. The van der Waals surface area contributed by atoms with Crippen LogP contribution in [0.15, 0.2) is 42.5 Å². The van der Waals surface area contributed by atoms with Crippen molar-refractivity contribution in [3.8, 4) is 11.5 Å². The van der Waals surface area contributed by atoms with Crippen LogP contribution in [0.5, 0.6) is 11.5 Å². The molecule has 2 saturated heterocycles. The first-order valence-corrected chi connectivity index (χ1v) is 9.86. The zero-order chi connectivity index (χ0) is 19.4.